The molecule has 0 saturated carbocycles. The highest BCUT2D eigenvalue weighted by Gasteiger charge is 2.10. The number of hydrogen-bond donors (Lipinski definition) is 0. The Kier molecular flexibility index (Phi) is 4.52. The van der Waals surface area contributed by atoms with E-state index in [2.05, 4.69) is 0 Å². The maximum Gasteiger partial charge on any atom is 0.323 e. The minimum absolute atomic E-state index is 0.500. The van der Waals surface area contributed by atoms with E-state index in [0.717, 1.165) is 4.90 Å². The van der Waals surface area contributed by atoms with Crippen molar-refractivity contribution in [1.82, 2.24) is 4.90 Å². The number of benzene rings is 1. The van der Waals surface area contributed by atoms with Gasteiger partial charge in [-0.2, -0.15) is 0 Å². The quantitative estimate of drug-likeness (QED) is 0.464. The van der Waals surface area contributed by atoms with Gasteiger partial charge >= 0.3 is 5.37 Å². The van der Waals surface area contributed by atoms with E-state index in [-0.39, 0.29) is 0 Å². The number of halogens is 2. The lowest BCUT2D eigenvalue weighted by Gasteiger charge is -2.07. The maximum atomic E-state index is 11.4. The molecule has 0 N–H and O–H groups in total. The van der Waals surface area contributed by atoms with Crippen molar-refractivity contribution < 1.29 is 9.59 Å². The van der Waals surface area contributed by atoms with Gasteiger partial charge in [0.05, 0.1) is 0 Å². The van der Waals surface area contributed by atoms with E-state index >= 15 is 0 Å². The minimum Gasteiger partial charge on any atom is -0.269 e. The first kappa shape index (κ1) is 12.7. The third kappa shape index (κ3) is 3.36. The highest BCUT2D eigenvalue weighted by atomic mass is 35.5. The van der Waals surface area contributed by atoms with Crippen molar-refractivity contribution in [3.05, 3.63) is 40.9 Å². The Hall–Kier alpha value is -1.32. The molecule has 5 heteroatoms. The van der Waals surface area contributed by atoms with Gasteiger partial charge in [-0.15, -0.1) is 0 Å². The summed E-state index contributed by atoms with van der Waals surface area (Å²) in [5.41, 5.74) is 0.702. The molecular formula is C11H9Cl2NO2. The van der Waals surface area contributed by atoms with Crippen molar-refractivity contribution in [2.24, 2.45) is 0 Å². The van der Waals surface area contributed by atoms with Crippen LogP contribution in [0, 0.1) is 0 Å². The Bertz CT molecular complexity index is 443. The number of nitrogens with zero attached hydrogens (tertiary/aromatic N) is 1. The zero-order chi connectivity index (χ0) is 12.1. The summed E-state index contributed by atoms with van der Waals surface area (Å²) in [6, 6.07) is 7.05. The fourth-order valence-corrected chi connectivity index (χ4v) is 1.25. The molecule has 0 aromatic heterocycles. The van der Waals surface area contributed by atoms with Crippen molar-refractivity contribution >= 4 is 40.6 Å². The summed E-state index contributed by atoms with van der Waals surface area (Å²) in [6.45, 7) is 0. The van der Waals surface area contributed by atoms with E-state index in [1.807, 2.05) is 0 Å². The number of amides is 2. The van der Waals surface area contributed by atoms with Gasteiger partial charge in [0.25, 0.3) is 5.91 Å². The summed E-state index contributed by atoms with van der Waals surface area (Å²) in [6.07, 6.45) is 2.77. The molecule has 1 rings (SSSR count). The predicted octanol–water partition coefficient (Wildman–Crippen LogP) is 3.17. The van der Waals surface area contributed by atoms with Crippen LogP contribution in [0.15, 0.2) is 30.3 Å². The van der Waals surface area contributed by atoms with Crippen LogP contribution in [0.3, 0.4) is 0 Å². The zero-order valence-electron chi connectivity index (χ0n) is 8.48. The second kappa shape index (κ2) is 5.68. The topological polar surface area (TPSA) is 37.4 Å². The first-order valence-corrected chi connectivity index (χ1v) is 5.17. The molecule has 0 unspecified atom stereocenters. The molecule has 1 aromatic rings. The van der Waals surface area contributed by atoms with Crippen molar-refractivity contribution in [1.29, 1.82) is 0 Å². The molecule has 1 aromatic carbocycles. The van der Waals surface area contributed by atoms with Gasteiger partial charge < -0.3 is 0 Å². The van der Waals surface area contributed by atoms with Crippen LogP contribution in [-0.4, -0.2) is 23.2 Å². The van der Waals surface area contributed by atoms with E-state index in [1.165, 1.54) is 19.2 Å². The molecule has 16 heavy (non-hydrogen) atoms. The maximum absolute atomic E-state index is 11.4. The van der Waals surface area contributed by atoms with E-state index in [4.69, 9.17) is 23.2 Å². The Morgan fingerprint density at radius 2 is 1.94 bits per heavy atom. The third-order valence-corrected chi connectivity index (χ3v) is 2.50. The molecule has 0 saturated heterocycles. The number of rotatable bonds is 2. The molecule has 2 amide bonds. The molecule has 0 fully saturated rings. The highest BCUT2D eigenvalue weighted by molar-refractivity contribution is 6.64. The molecule has 0 spiro atoms. The Morgan fingerprint density at radius 1 is 1.31 bits per heavy atom. The molecule has 0 aliphatic carbocycles. The van der Waals surface area contributed by atoms with Crippen LogP contribution in [-0.2, 0) is 4.79 Å². The Balaban J connectivity index is 2.79. The molecule has 0 radical (unpaired) electrons. The molecule has 0 aliphatic heterocycles. The van der Waals surface area contributed by atoms with E-state index < -0.39 is 11.3 Å². The predicted molar refractivity (Wildman–Crippen MR) is 64.5 cm³/mol. The van der Waals surface area contributed by atoms with E-state index in [9.17, 15) is 9.59 Å². The second-order valence-electron chi connectivity index (χ2n) is 3.01. The smallest absolute Gasteiger partial charge is 0.269 e. The van der Waals surface area contributed by atoms with E-state index in [0.29, 0.717) is 10.6 Å². The van der Waals surface area contributed by atoms with Crippen molar-refractivity contribution in [3.8, 4) is 0 Å². The molecule has 0 bridgehead atoms. The fourth-order valence-electron chi connectivity index (χ4n) is 0.970. The average molecular weight is 258 g/mol. The molecule has 0 aliphatic rings. The van der Waals surface area contributed by atoms with Gasteiger partial charge in [-0.1, -0.05) is 29.8 Å². The van der Waals surface area contributed by atoms with E-state index in [1.54, 1.807) is 24.3 Å². The monoisotopic (exact) mass is 257 g/mol. The average Bonchev–Trinajstić information content (AvgIpc) is 2.26. The summed E-state index contributed by atoms with van der Waals surface area (Å²) < 4.78 is 0. The standard InChI is InChI=1S/C11H9Cl2NO2/c1-14(11(13)16)10(15)7-6-8-4-2-3-5-9(8)12/h2-7H,1H3/b7-6+. The van der Waals surface area contributed by atoms with Crippen molar-refractivity contribution in [2.75, 3.05) is 7.05 Å². The van der Waals surface area contributed by atoms with Crippen LogP contribution >= 0.6 is 23.2 Å². The summed E-state index contributed by atoms with van der Waals surface area (Å²) >= 11 is 11.0. The molecule has 0 atom stereocenters. The van der Waals surface area contributed by atoms with Crippen LogP contribution < -0.4 is 0 Å². The van der Waals surface area contributed by atoms with Gasteiger partial charge in [0.2, 0.25) is 0 Å². The Morgan fingerprint density at radius 3 is 2.50 bits per heavy atom. The fraction of sp³-hybridized carbons (Fsp3) is 0.0909. The lowest BCUT2D eigenvalue weighted by Crippen LogP contribution is -2.26. The van der Waals surface area contributed by atoms with Gasteiger partial charge in [-0.3, -0.25) is 14.5 Å². The SMILES string of the molecule is CN(C(=O)Cl)C(=O)/C=C/c1ccccc1Cl. The second-order valence-corrected chi connectivity index (χ2v) is 3.74. The van der Waals surface area contributed by atoms with Crippen LogP contribution in [0.2, 0.25) is 5.02 Å². The molecule has 3 nitrogen and oxygen atoms in total. The number of carbonyl (C=O) groups excluding carboxylic acids is 2. The van der Waals surface area contributed by atoms with Crippen LogP contribution in [0.1, 0.15) is 5.56 Å². The molecular weight excluding hydrogens is 249 g/mol. The first-order chi connectivity index (χ1) is 7.52. The van der Waals surface area contributed by atoms with Gasteiger partial charge in [0.15, 0.2) is 0 Å². The Labute approximate surface area is 103 Å². The van der Waals surface area contributed by atoms with Gasteiger partial charge in [0, 0.05) is 18.1 Å². The lowest BCUT2D eigenvalue weighted by molar-refractivity contribution is -0.121. The molecule has 0 heterocycles. The summed E-state index contributed by atoms with van der Waals surface area (Å²) in [7, 11) is 1.30. The summed E-state index contributed by atoms with van der Waals surface area (Å²) in [5, 5.41) is -0.291. The van der Waals surface area contributed by atoms with Gasteiger partial charge in [-0.25, -0.2) is 0 Å². The highest BCUT2D eigenvalue weighted by Crippen LogP contribution is 2.16. The lowest BCUT2D eigenvalue weighted by atomic mass is 10.2. The number of likely N-dealkylation sites (N-methyl/N-ethyl adjacent to an activating group) is 1. The molecule has 84 valence electrons. The van der Waals surface area contributed by atoms with Gasteiger partial charge in [0.1, 0.15) is 0 Å². The third-order valence-electron chi connectivity index (χ3n) is 1.90. The number of carbonyl (C=O) groups is 2. The number of hydrogen-bond acceptors (Lipinski definition) is 2. The van der Waals surface area contributed by atoms with Gasteiger partial charge in [-0.05, 0) is 29.3 Å². The largest absolute Gasteiger partial charge is 0.323 e. The first-order valence-electron chi connectivity index (χ1n) is 4.42. The van der Waals surface area contributed by atoms with Crippen LogP contribution in [0.25, 0.3) is 6.08 Å². The summed E-state index contributed by atoms with van der Waals surface area (Å²) in [5.74, 6) is -0.500. The van der Waals surface area contributed by atoms with Crippen LogP contribution in [0.5, 0.6) is 0 Å². The van der Waals surface area contributed by atoms with Crippen molar-refractivity contribution in [3.63, 3.8) is 0 Å². The normalized spacial score (nSPS) is 10.4. The summed E-state index contributed by atoms with van der Waals surface area (Å²) in [4.78, 5) is 22.8. The zero-order valence-corrected chi connectivity index (χ0v) is 10.00. The van der Waals surface area contributed by atoms with Crippen LogP contribution in [0.4, 0.5) is 4.79 Å². The van der Waals surface area contributed by atoms with Crippen molar-refractivity contribution in [2.45, 2.75) is 0 Å². The minimum atomic E-state index is -0.825. The number of imide groups is 1.